The molecule has 1 aliphatic rings. The number of fused-ring (bicyclic) bond motifs is 3. The minimum Gasteiger partial charge on any atom is -0.494 e. The minimum atomic E-state index is -4.92. The number of aryl methyl sites for hydroxylation is 2. The Hall–Kier alpha value is -3.43. The summed E-state index contributed by atoms with van der Waals surface area (Å²) in [5, 5.41) is 0. The van der Waals surface area contributed by atoms with Gasteiger partial charge in [-0.2, -0.15) is 17.6 Å². The molecule has 0 saturated carbocycles. The van der Waals surface area contributed by atoms with Gasteiger partial charge < -0.3 is 4.74 Å². The van der Waals surface area contributed by atoms with E-state index in [-0.39, 0.29) is 17.5 Å². The highest BCUT2D eigenvalue weighted by Gasteiger charge is 2.65. The smallest absolute Gasteiger partial charge is 0.343 e. The van der Waals surface area contributed by atoms with Gasteiger partial charge in [0.1, 0.15) is 5.82 Å². The maximum absolute atomic E-state index is 14.6. The Morgan fingerprint density at radius 1 is 0.675 bits per heavy atom. The number of benzene rings is 3. The number of carbonyl (C=O) groups excluding carboxylic acids is 1. The van der Waals surface area contributed by atoms with Gasteiger partial charge >= 0.3 is 11.8 Å². The number of unbranched alkanes of at least 4 members (excludes halogenated alkanes) is 2. The molecule has 0 saturated heterocycles. The molecule has 0 amide bonds. The van der Waals surface area contributed by atoms with Crippen molar-refractivity contribution < 1.29 is 44.7 Å². The third-order valence-electron chi connectivity index (χ3n) is 6.75. The number of aldehydes is 1. The second-order valence-corrected chi connectivity index (χ2v) is 9.38. The van der Waals surface area contributed by atoms with Gasteiger partial charge in [0, 0.05) is 0 Å². The molecule has 216 valence electrons. The second-order valence-electron chi connectivity index (χ2n) is 9.38. The molecule has 4 rings (SSSR count). The molecule has 0 heterocycles. The quantitative estimate of drug-likeness (QED) is 0.153. The van der Waals surface area contributed by atoms with E-state index in [9.17, 15) is 39.9 Å². The van der Waals surface area contributed by atoms with Gasteiger partial charge in [0.15, 0.2) is 29.5 Å². The van der Waals surface area contributed by atoms with Gasteiger partial charge in [-0.15, -0.1) is 0 Å². The van der Waals surface area contributed by atoms with Gasteiger partial charge in [-0.25, -0.2) is 17.6 Å². The van der Waals surface area contributed by atoms with E-state index in [0.717, 1.165) is 44.6 Å². The summed E-state index contributed by atoms with van der Waals surface area (Å²) in [7, 11) is 1.04. The van der Waals surface area contributed by atoms with E-state index in [1.54, 1.807) is 6.92 Å². The van der Waals surface area contributed by atoms with Crippen LogP contribution in [0.15, 0.2) is 36.4 Å². The Morgan fingerprint density at radius 2 is 1.23 bits per heavy atom. The number of hydrogen-bond donors (Lipinski definition) is 0. The average Bonchev–Trinajstić information content (AvgIpc) is 2.91. The first-order valence-corrected chi connectivity index (χ1v) is 12.8. The molecule has 0 atom stereocenters. The Labute approximate surface area is 227 Å². The molecule has 10 heteroatoms. The number of alkyl halides is 4. The summed E-state index contributed by atoms with van der Waals surface area (Å²) >= 11 is 0. The molecule has 1 aliphatic carbocycles. The predicted octanol–water partition coefficient (Wildman–Crippen LogP) is 9.30. The molecule has 0 aliphatic heterocycles. The van der Waals surface area contributed by atoms with Crippen LogP contribution in [0.1, 0.15) is 72.1 Å². The lowest BCUT2D eigenvalue weighted by Gasteiger charge is -2.35. The number of rotatable bonds is 8. The van der Waals surface area contributed by atoms with Crippen molar-refractivity contribution in [1.29, 1.82) is 0 Å². The molecule has 0 fully saturated rings. The van der Waals surface area contributed by atoms with E-state index in [2.05, 4.69) is 4.74 Å². The monoisotopic (exact) mass is 572 g/mol. The van der Waals surface area contributed by atoms with Gasteiger partial charge in [-0.1, -0.05) is 51.3 Å². The third kappa shape index (κ3) is 5.45. The Balaban J connectivity index is 0.000000252. The van der Waals surface area contributed by atoms with Crippen molar-refractivity contribution in [3.63, 3.8) is 0 Å². The summed E-state index contributed by atoms with van der Waals surface area (Å²) in [5.41, 5.74) is -3.71. The summed E-state index contributed by atoms with van der Waals surface area (Å²) in [5.74, 6) is -15.2. The van der Waals surface area contributed by atoms with Crippen LogP contribution >= 0.6 is 0 Å². The topological polar surface area (TPSA) is 26.3 Å². The van der Waals surface area contributed by atoms with E-state index in [4.69, 9.17) is 0 Å². The van der Waals surface area contributed by atoms with E-state index in [1.165, 1.54) is 18.2 Å². The molecule has 0 radical (unpaired) electrons. The molecule has 0 bridgehead atoms. The molecule has 3 aromatic carbocycles. The highest BCUT2D eigenvalue weighted by molar-refractivity contribution is 5.77. The van der Waals surface area contributed by atoms with Crippen LogP contribution in [0.4, 0.5) is 35.1 Å². The average molecular weight is 573 g/mol. The standard InChI is InChI=1S/C18H14F6O.C12H14F2O/c1-3-4-9-5-6-10-11-7-8-12(25-2)16(20)14(11)18(23,24)17(21,22)13(10)15(9)19;1-2-3-4-5-9-6-7-10(8-15)12(14)11(9)13/h5-8H,3-4H2,1-2H3;6-8H,2-5H2,1H3. The lowest BCUT2D eigenvalue weighted by molar-refractivity contribution is -0.227. The number of halogens is 8. The molecule has 2 nitrogen and oxygen atoms in total. The maximum Gasteiger partial charge on any atom is 0.343 e. The zero-order valence-corrected chi connectivity index (χ0v) is 22.1. The fourth-order valence-electron chi connectivity index (χ4n) is 4.63. The van der Waals surface area contributed by atoms with Crippen molar-refractivity contribution in [2.24, 2.45) is 0 Å². The summed E-state index contributed by atoms with van der Waals surface area (Å²) in [6.07, 6.45) is 4.31. The second kappa shape index (κ2) is 12.4. The number of hydrogen-bond acceptors (Lipinski definition) is 2. The third-order valence-corrected chi connectivity index (χ3v) is 6.75. The van der Waals surface area contributed by atoms with Gasteiger partial charge in [-0.3, -0.25) is 4.79 Å². The highest BCUT2D eigenvalue weighted by Crippen LogP contribution is 2.60. The molecule has 3 aromatic rings. The van der Waals surface area contributed by atoms with Crippen molar-refractivity contribution in [3.8, 4) is 16.9 Å². The summed E-state index contributed by atoms with van der Waals surface area (Å²) in [6.45, 7) is 3.76. The van der Waals surface area contributed by atoms with Crippen molar-refractivity contribution >= 4 is 6.29 Å². The zero-order chi connectivity index (χ0) is 29.8. The Bertz CT molecular complexity index is 1380. The van der Waals surface area contributed by atoms with Crippen molar-refractivity contribution in [3.05, 3.63) is 87.5 Å². The molecular weight excluding hydrogens is 544 g/mol. The fourth-order valence-corrected chi connectivity index (χ4v) is 4.63. The van der Waals surface area contributed by atoms with Crippen LogP contribution in [0.5, 0.6) is 5.75 Å². The van der Waals surface area contributed by atoms with Crippen molar-refractivity contribution in [1.82, 2.24) is 0 Å². The van der Waals surface area contributed by atoms with Crippen molar-refractivity contribution in [2.75, 3.05) is 7.11 Å². The SMILES string of the molecule is CCCCCc1ccc(C=O)c(F)c1F.CCCc1ccc2c(c1F)C(F)(F)C(F)(F)c1c-2ccc(OC)c1F. The largest absolute Gasteiger partial charge is 0.494 e. The van der Waals surface area contributed by atoms with Crippen LogP contribution < -0.4 is 4.74 Å². The Kier molecular flexibility index (Phi) is 9.64. The molecular formula is C30H28F8O2. The fraction of sp³-hybridized carbons (Fsp3) is 0.367. The lowest BCUT2D eigenvalue weighted by atomic mass is 9.79. The summed E-state index contributed by atoms with van der Waals surface area (Å²) in [6, 6.07) is 7.30. The maximum atomic E-state index is 14.6. The van der Waals surface area contributed by atoms with Crippen LogP contribution in [0, 0.1) is 23.3 Å². The molecule has 40 heavy (non-hydrogen) atoms. The van der Waals surface area contributed by atoms with E-state index in [1.807, 2.05) is 6.92 Å². The summed E-state index contributed by atoms with van der Waals surface area (Å²) in [4.78, 5) is 10.3. The van der Waals surface area contributed by atoms with Gasteiger partial charge in [0.2, 0.25) is 0 Å². The van der Waals surface area contributed by atoms with Crippen LogP contribution in [0.25, 0.3) is 11.1 Å². The predicted molar refractivity (Wildman–Crippen MR) is 135 cm³/mol. The van der Waals surface area contributed by atoms with Crippen molar-refractivity contribution in [2.45, 2.75) is 64.2 Å². The first-order chi connectivity index (χ1) is 18.9. The first kappa shape index (κ1) is 31.1. The van der Waals surface area contributed by atoms with Gasteiger partial charge in [0.05, 0.1) is 23.8 Å². The number of methoxy groups -OCH3 is 1. The van der Waals surface area contributed by atoms with Crippen LogP contribution in [-0.4, -0.2) is 13.4 Å². The zero-order valence-electron chi connectivity index (χ0n) is 22.1. The normalized spacial score (nSPS) is 14.5. The van der Waals surface area contributed by atoms with Crippen LogP contribution in [-0.2, 0) is 24.7 Å². The van der Waals surface area contributed by atoms with E-state index in [0.29, 0.717) is 24.7 Å². The molecule has 0 aromatic heterocycles. The van der Waals surface area contributed by atoms with Gasteiger partial charge in [-0.05, 0) is 59.7 Å². The molecule has 0 spiro atoms. The molecule has 0 unspecified atom stereocenters. The van der Waals surface area contributed by atoms with Gasteiger partial charge in [0.25, 0.3) is 0 Å². The van der Waals surface area contributed by atoms with Crippen LogP contribution in [0.2, 0.25) is 0 Å². The van der Waals surface area contributed by atoms with Crippen LogP contribution in [0.3, 0.4) is 0 Å². The highest BCUT2D eigenvalue weighted by atomic mass is 19.3. The Morgan fingerprint density at radius 3 is 1.77 bits per heavy atom. The minimum absolute atomic E-state index is 0.0749. The van der Waals surface area contributed by atoms with E-state index < -0.39 is 63.1 Å². The first-order valence-electron chi connectivity index (χ1n) is 12.8. The number of carbonyl (C=O) groups is 1. The summed E-state index contributed by atoms with van der Waals surface area (Å²) < 4.78 is 118. The lowest BCUT2D eigenvalue weighted by Crippen LogP contribution is -2.41. The molecule has 0 N–H and O–H groups in total. The number of ether oxygens (including phenoxy) is 1. The van der Waals surface area contributed by atoms with E-state index >= 15 is 0 Å².